The van der Waals surface area contributed by atoms with Crippen molar-refractivity contribution in [2.45, 2.75) is 19.8 Å². The van der Waals surface area contributed by atoms with Crippen molar-refractivity contribution < 1.29 is 4.79 Å². The predicted molar refractivity (Wildman–Crippen MR) is 84.1 cm³/mol. The van der Waals surface area contributed by atoms with E-state index in [1.807, 2.05) is 54.6 Å². The molecule has 0 aromatic heterocycles. The van der Waals surface area contributed by atoms with Crippen LogP contribution < -0.4 is 10.6 Å². The quantitative estimate of drug-likeness (QED) is 0.864. The van der Waals surface area contributed by atoms with E-state index in [0.717, 1.165) is 16.9 Å². The lowest BCUT2D eigenvalue weighted by molar-refractivity contribution is -0.114. The molecule has 0 aliphatic heterocycles. The monoisotopic (exact) mass is 268 g/mol. The van der Waals surface area contributed by atoms with Crippen molar-refractivity contribution in [1.82, 2.24) is 0 Å². The highest BCUT2D eigenvalue weighted by atomic mass is 16.1. The summed E-state index contributed by atoms with van der Waals surface area (Å²) in [4.78, 5) is 12.0. The fourth-order valence-electron chi connectivity index (χ4n) is 2.05. The predicted octanol–water partition coefficient (Wildman–Crippen LogP) is 3.86. The van der Waals surface area contributed by atoms with Gasteiger partial charge in [0.1, 0.15) is 0 Å². The van der Waals surface area contributed by atoms with Gasteiger partial charge in [0.25, 0.3) is 0 Å². The summed E-state index contributed by atoms with van der Waals surface area (Å²) >= 11 is 0. The Labute approximate surface area is 120 Å². The van der Waals surface area contributed by atoms with Gasteiger partial charge in [-0.2, -0.15) is 0 Å². The van der Waals surface area contributed by atoms with Crippen LogP contribution in [0.15, 0.2) is 54.6 Å². The van der Waals surface area contributed by atoms with Gasteiger partial charge in [-0.1, -0.05) is 50.2 Å². The fraction of sp³-hybridized carbons (Fsp3) is 0.235. The first-order valence-corrected chi connectivity index (χ1v) is 6.84. The highest BCUT2D eigenvalue weighted by Gasteiger charge is 2.08. The molecule has 0 fully saturated rings. The molecular formula is C17H20N2O. The van der Waals surface area contributed by atoms with Crippen LogP contribution in [0.2, 0.25) is 0 Å². The summed E-state index contributed by atoms with van der Waals surface area (Å²) in [5, 5.41) is 6.06. The normalized spacial score (nSPS) is 10.3. The Morgan fingerprint density at radius 2 is 1.65 bits per heavy atom. The van der Waals surface area contributed by atoms with E-state index in [9.17, 15) is 4.79 Å². The van der Waals surface area contributed by atoms with E-state index >= 15 is 0 Å². The molecule has 0 unspecified atom stereocenters. The number of benzene rings is 2. The van der Waals surface area contributed by atoms with Crippen LogP contribution in [0, 0.1) is 0 Å². The number of carbonyl (C=O) groups is 1. The van der Waals surface area contributed by atoms with Crippen molar-refractivity contribution in [2.24, 2.45) is 0 Å². The minimum absolute atomic E-state index is 0.0399. The lowest BCUT2D eigenvalue weighted by Crippen LogP contribution is -2.22. The van der Waals surface area contributed by atoms with E-state index in [4.69, 9.17) is 0 Å². The zero-order valence-corrected chi connectivity index (χ0v) is 11.9. The summed E-state index contributed by atoms with van der Waals surface area (Å²) in [6, 6.07) is 17.6. The van der Waals surface area contributed by atoms with Crippen molar-refractivity contribution in [3.63, 3.8) is 0 Å². The smallest absolute Gasteiger partial charge is 0.243 e. The molecule has 0 aliphatic carbocycles. The Morgan fingerprint density at radius 1 is 1.00 bits per heavy atom. The third kappa shape index (κ3) is 3.85. The first-order chi connectivity index (χ1) is 9.66. The molecule has 0 aliphatic rings. The van der Waals surface area contributed by atoms with Gasteiger partial charge < -0.3 is 10.6 Å². The zero-order valence-electron chi connectivity index (χ0n) is 11.9. The molecule has 2 rings (SSSR count). The van der Waals surface area contributed by atoms with Gasteiger partial charge in [-0.15, -0.1) is 0 Å². The van der Waals surface area contributed by atoms with Crippen LogP contribution in [0.5, 0.6) is 0 Å². The Balaban J connectivity index is 1.95. The number of para-hydroxylation sites is 2. The molecule has 20 heavy (non-hydrogen) atoms. The molecule has 0 saturated carbocycles. The Kier molecular flexibility index (Phi) is 4.77. The van der Waals surface area contributed by atoms with Crippen LogP contribution in [-0.2, 0) is 4.79 Å². The van der Waals surface area contributed by atoms with Crippen LogP contribution in [0.25, 0.3) is 0 Å². The molecule has 2 N–H and O–H groups in total. The van der Waals surface area contributed by atoms with Crippen LogP contribution in [-0.4, -0.2) is 12.5 Å². The highest BCUT2D eigenvalue weighted by molar-refractivity contribution is 5.94. The molecule has 3 nitrogen and oxygen atoms in total. The topological polar surface area (TPSA) is 41.1 Å². The van der Waals surface area contributed by atoms with Crippen molar-refractivity contribution in [3.05, 3.63) is 60.2 Å². The summed E-state index contributed by atoms with van der Waals surface area (Å²) in [7, 11) is 0. The average Bonchev–Trinajstić information content (AvgIpc) is 2.46. The number of anilines is 2. The summed E-state index contributed by atoms with van der Waals surface area (Å²) in [6.45, 7) is 4.50. The van der Waals surface area contributed by atoms with Crippen LogP contribution in [0.4, 0.5) is 11.4 Å². The first-order valence-electron chi connectivity index (χ1n) is 6.84. The molecule has 3 heteroatoms. The molecule has 0 radical (unpaired) electrons. The Bertz CT molecular complexity index is 564. The fourth-order valence-corrected chi connectivity index (χ4v) is 2.05. The van der Waals surface area contributed by atoms with Crippen LogP contribution in [0.3, 0.4) is 0 Å². The maximum absolute atomic E-state index is 12.0. The molecule has 0 saturated heterocycles. The summed E-state index contributed by atoms with van der Waals surface area (Å²) in [5.74, 6) is 0.343. The highest BCUT2D eigenvalue weighted by Crippen LogP contribution is 2.23. The van der Waals surface area contributed by atoms with E-state index < -0.39 is 0 Å². The number of amides is 1. The van der Waals surface area contributed by atoms with Gasteiger partial charge in [-0.25, -0.2) is 0 Å². The van der Waals surface area contributed by atoms with Crippen molar-refractivity contribution in [1.29, 1.82) is 0 Å². The second-order valence-electron chi connectivity index (χ2n) is 5.01. The number of rotatable bonds is 5. The third-order valence-electron chi connectivity index (χ3n) is 3.08. The van der Waals surface area contributed by atoms with E-state index in [1.165, 1.54) is 0 Å². The molecule has 104 valence electrons. The van der Waals surface area contributed by atoms with E-state index in [0.29, 0.717) is 5.92 Å². The van der Waals surface area contributed by atoms with Crippen LogP contribution >= 0.6 is 0 Å². The number of hydrogen-bond donors (Lipinski definition) is 2. The van der Waals surface area contributed by atoms with Gasteiger partial charge in [0, 0.05) is 11.4 Å². The van der Waals surface area contributed by atoms with Crippen molar-refractivity contribution in [2.75, 3.05) is 17.2 Å². The second-order valence-corrected chi connectivity index (χ2v) is 5.01. The first kappa shape index (κ1) is 14.1. The minimum Gasteiger partial charge on any atom is -0.376 e. The molecule has 2 aromatic carbocycles. The maximum Gasteiger partial charge on any atom is 0.243 e. The Morgan fingerprint density at radius 3 is 2.35 bits per heavy atom. The second kappa shape index (κ2) is 6.75. The van der Waals surface area contributed by atoms with Crippen molar-refractivity contribution >= 4 is 17.3 Å². The molecule has 0 bridgehead atoms. The zero-order chi connectivity index (χ0) is 14.4. The summed E-state index contributed by atoms with van der Waals surface area (Å²) in [5.41, 5.74) is 2.99. The number of nitrogens with one attached hydrogen (secondary N) is 2. The molecule has 1 amide bonds. The molecule has 0 spiro atoms. The maximum atomic E-state index is 12.0. The summed E-state index contributed by atoms with van der Waals surface area (Å²) in [6.07, 6.45) is 0. The standard InChI is InChI=1S/C17H20N2O/c1-13(2)15-10-6-7-11-16(15)19-17(20)12-18-14-8-4-3-5-9-14/h3-11,13,18H,12H2,1-2H3,(H,19,20). The molecule has 0 atom stereocenters. The van der Waals surface area contributed by atoms with E-state index in [1.54, 1.807) is 0 Å². The van der Waals surface area contributed by atoms with Gasteiger partial charge in [-0.3, -0.25) is 4.79 Å². The van der Waals surface area contributed by atoms with E-state index in [-0.39, 0.29) is 12.5 Å². The molecular weight excluding hydrogens is 248 g/mol. The third-order valence-corrected chi connectivity index (χ3v) is 3.08. The number of carbonyl (C=O) groups excluding carboxylic acids is 1. The number of hydrogen-bond acceptors (Lipinski definition) is 2. The van der Waals surface area contributed by atoms with Gasteiger partial charge in [0.05, 0.1) is 6.54 Å². The van der Waals surface area contributed by atoms with Gasteiger partial charge >= 0.3 is 0 Å². The minimum atomic E-state index is -0.0399. The van der Waals surface area contributed by atoms with Crippen molar-refractivity contribution in [3.8, 4) is 0 Å². The van der Waals surface area contributed by atoms with Crippen LogP contribution in [0.1, 0.15) is 25.3 Å². The lowest BCUT2D eigenvalue weighted by Gasteiger charge is -2.14. The molecule has 2 aromatic rings. The SMILES string of the molecule is CC(C)c1ccccc1NC(=O)CNc1ccccc1. The average molecular weight is 268 g/mol. The lowest BCUT2D eigenvalue weighted by atomic mass is 10.0. The van der Waals surface area contributed by atoms with Gasteiger partial charge in [0.15, 0.2) is 0 Å². The Hall–Kier alpha value is -2.29. The molecule has 0 heterocycles. The van der Waals surface area contributed by atoms with Gasteiger partial charge in [-0.05, 0) is 29.7 Å². The van der Waals surface area contributed by atoms with E-state index in [2.05, 4.69) is 24.5 Å². The summed E-state index contributed by atoms with van der Waals surface area (Å²) < 4.78 is 0. The van der Waals surface area contributed by atoms with Gasteiger partial charge in [0.2, 0.25) is 5.91 Å². The largest absolute Gasteiger partial charge is 0.376 e.